The number of carbonyl (C=O) groups is 1. The second-order valence-corrected chi connectivity index (χ2v) is 2.00. The normalized spacial score (nSPS) is 10.4. The molecule has 3 nitrogen and oxygen atoms in total. The first-order chi connectivity index (χ1) is 5.75. The van der Waals surface area contributed by atoms with Crippen molar-refractivity contribution in [3.8, 4) is 0 Å². The molecule has 0 N–H and O–H groups in total. The van der Waals surface area contributed by atoms with Crippen LogP contribution in [0.25, 0.3) is 5.53 Å². The zero-order valence-corrected chi connectivity index (χ0v) is 5.82. The lowest BCUT2D eigenvalue weighted by Crippen LogP contribution is -2.01. The van der Waals surface area contributed by atoms with Gasteiger partial charge in [0.05, 0.1) is 7.92 Å². The average molecular weight is 149 g/mol. The Morgan fingerprint density at radius 3 is 3.09 bits per heavy atom. The molecule has 0 radical (unpaired) electrons. The van der Waals surface area contributed by atoms with Gasteiger partial charge in [0.25, 0.3) is 0 Å². The van der Waals surface area contributed by atoms with Gasteiger partial charge in [0.2, 0.25) is 0 Å². The van der Waals surface area contributed by atoms with Crippen LogP contribution in [0.2, 0.25) is 0 Å². The van der Waals surface area contributed by atoms with Gasteiger partial charge in [-0.1, -0.05) is 30.3 Å². The molecule has 0 atom stereocenters. The van der Waals surface area contributed by atoms with Crippen LogP contribution < -0.4 is 0 Å². The number of benzene rings is 1. The number of ketones is 1. The maximum absolute atomic E-state index is 11.1. The first-order valence-corrected chi connectivity index (χ1v) is 3.15. The molecule has 0 bridgehead atoms. The molecule has 0 unspecified atom stereocenters. The Balaban J connectivity index is 2.94. The predicted octanol–water partition coefficient (Wildman–Crippen LogP) is 1.89. The fourth-order valence-electron chi connectivity index (χ4n) is 0.716. The van der Waals surface area contributed by atoms with Crippen LogP contribution in [-0.2, 0) is 0 Å². The predicted molar refractivity (Wildman–Crippen MR) is 41.4 cm³/mol. The van der Waals surface area contributed by atoms with E-state index in [0.29, 0.717) is 0 Å². The third-order valence-electron chi connectivity index (χ3n) is 1.22. The van der Waals surface area contributed by atoms with E-state index in [1.54, 1.807) is 12.1 Å². The summed E-state index contributed by atoms with van der Waals surface area (Å²) < 4.78 is 7.34. The van der Waals surface area contributed by atoms with Crippen molar-refractivity contribution in [3.63, 3.8) is 0 Å². The third kappa shape index (κ3) is 1.97. The van der Waals surface area contributed by atoms with Gasteiger partial charge in [-0.05, 0) is 0 Å². The molecule has 1 rings (SSSR count). The Hall–Kier alpha value is -1.51. The lowest BCUT2D eigenvalue weighted by atomic mass is 10.1. The SMILES string of the molecule is [3H]c1ccccc1C(=O)CN=[N-]. The summed E-state index contributed by atoms with van der Waals surface area (Å²) in [5.74, 6) is -0.344. The lowest BCUT2D eigenvalue weighted by Gasteiger charge is -1.96. The second-order valence-electron chi connectivity index (χ2n) is 2.00. The summed E-state index contributed by atoms with van der Waals surface area (Å²) in [4.78, 5) is 11.1. The van der Waals surface area contributed by atoms with Gasteiger partial charge in [-0.3, -0.25) is 4.79 Å². The Bertz CT molecular complexity index is 312. The number of carbonyl (C=O) groups excluding carboxylic acids is 1. The third-order valence-corrected chi connectivity index (χ3v) is 1.22. The highest BCUT2D eigenvalue weighted by Gasteiger charge is 1.99. The molecule has 0 spiro atoms. The first kappa shape index (κ1) is 6.22. The van der Waals surface area contributed by atoms with Crippen molar-refractivity contribution >= 4 is 5.78 Å². The molecule has 1 aromatic carbocycles. The molecule has 0 aromatic heterocycles. The monoisotopic (exact) mass is 149 g/mol. The molecule has 0 saturated heterocycles. The van der Waals surface area contributed by atoms with E-state index in [2.05, 4.69) is 5.11 Å². The summed E-state index contributed by atoms with van der Waals surface area (Å²) in [6.45, 7) is -0.282. The average Bonchev–Trinajstić information content (AvgIpc) is 2.05. The van der Waals surface area contributed by atoms with Crippen molar-refractivity contribution in [2.45, 2.75) is 0 Å². The summed E-state index contributed by atoms with van der Waals surface area (Å²) in [5, 5.41) is 2.72. The van der Waals surface area contributed by atoms with Gasteiger partial charge in [-0.15, -0.1) is 0 Å². The van der Waals surface area contributed by atoms with E-state index >= 15 is 0 Å². The van der Waals surface area contributed by atoms with Crippen molar-refractivity contribution in [1.82, 2.24) is 0 Å². The quantitative estimate of drug-likeness (QED) is 0.478. The molecular weight excluding hydrogens is 140 g/mol. The van der Waals surface area contributed by atoms with Gasteiger partial charge in [0.1, 0.15) is 0 Å². The second kappa shape index (κ2) is 3.61. The minimum Gasteiger partial charge on any atom is -0.712 e. The first-order valence-electron chi connectivity index (χ1n) is 3.65. The van der Waals surface area contributed by atoms with E-state index in [9.17, 15) is 4.79 Å². The highest BCUT2D eigenvalue weighted by atomic mass is 16.1. The van der Waals surface area contributed by atoms with Crippen molar-refractivity contribution in [2.24, 2.45) is 5.11 Å². The molecule has 11 heavy (non-hydrogen) atoms. The molecule has 0 amide bonds. The van der Waals surface area contributed by atoms with Crippen LogP contribution in [0.5, 0.6) is 0 Å². The molecule has 0 aliphatic heterocycles. The molecule has 0 fully saturated rings. The van der Waals surface area contributed by atoms with Crippen LogP contribution in [0.3, 0.4) is 0 Å². The van der Waals surface area contributed by atoms with E-state index in [0.717, 1.165) is 0 Å². The van der Waals surface area contributed by atoms with Gasteiger partial charge < -0.3 is 10.6 Å². The van der Waals surface area contributed by atoms with E-state index in [1.165, 1.54) is 12.1 Å². The van der Waals surface area contributed by atoms with Gasteiger partial charge in [-0.2, -0.15) is 0 Å². The molecule has 0 aliphatic carbocycles. The fraction of sp³-hybridized carbons (Fsp3) is 0.125. The highest BCUT2D eigenvalue weighted by molar-refractivity contribution is 5.97. The molecule has 1 aromatic rings. The van der Waals surface area contributed by atoms with Crippen LogP contribution in [0, 0.1) is 0 Å². The highest BCUT2D eigenvalue weighted by Crippen LogP contribution is 1.99. The molecule has 0 aliphatic rings. The fourth-order valence-corrected chi connectivity index (χ4v) is 0.716. The largest absolute Gasteiger partial charge is 0.712 e. The Kier molecular flexibility index (Phi) is 2.04. The lowest BCUT2D eigenvalue weighted by molar-refractivity contribution is 0.100. The van der Waals surface area contributed by atoms with Crippen molar-refractivity contribution in [3.05, 3.63) is 41.4 Å². The zero-order valence-electron chi connectivity index (χ0n) is 6.82. The summed E-state index contributed by atoms with van der Waals surface area (Å²) in [6, 6.07) is 6.56. The summed E-state index contributed by atoms with van der Waals surface area (Å²) in [5.41, 5.74) is 8.42. The minimum atomic E-state index is -0.344. The van der Waals surface area contributed by atoms with Crippen LogP contribution in [0.1, 0.15) is 11.7 Å². The number of hydrogen-bond acceptors (Lipinski definition) is 2. The molecule has 3 heteroatoms. The van der Waals surface area contributed by atoms with Crippen molar-refractivity contribution < 1.29 is 6.17 Å². The van der Waals surface area contributed by atoms with E-state index in [1.807, 2.05) is 0 Å². The molecule has 0 saturated carbocycles. The number of nitrogens with zero attached hydrogens (tertiary/aromatic N) is 2. The number of rotatable bonds is 3. The topological polar surface area (TPSA) is 51.7 Å². The summed E-state index contributed by atoms with van der Waals surface area (Å²) in [6.07, 6.45) is 0. The van der Waals surface area contributed by atoms with E-state index in [4.69, 9.17) is 6.90 Å². The summed E-state index contributed by atoms with van der Waals surface area (Å²) in [7, 11) is 0. The van der Waals surface area contributed by atoms with Gasteiger partial charge in [-0.25, -0.2) is 0 Å². The molecular formula is C8H7N2O-. The number of Topliss-reactive ketones (excluding diaryl/α,β-unsaturated/α-hetero) is 1. The van der Waals surface area contributed by atoms with Crippen LogP contribution >= 0.6 is 0 Å². The maximum atomic E-state index is 11.1. The van der Waals surface area contributed by atoms with Gasteiger partial charge in [0, 0.05) is 5.56 Å². The number of hydrogen-bond donors (Lipinski definition) is 0. The zero-order chi connectivity index (χ0) is 8.97. The van der Waals surface area contributed by atoms with E-state index in [-0.39, 0.29) is 23.9 Å². The van der Waals surface area contributed by atoms with Gasteiger partial charge >= 0.3 is 0 Å². The standard InChI is InChI=1S/C8H7N2O/c9-10-6-8(11)7-4-2-1-3-5-7/h1-5H,6H2/q-1/i4T. The Labute approximate surface area is 66.0 Å². The Morgan fingerprint density at radius 2 is 2.45 bits per heavy atom. The summed E-state index contributed by atoms with van der Waals surface area (Å²) >= 11 is 0. The smallest absolute Gasteiger partial charge is 0.182 e. The Morgan fingerprint density at radius 1 is 1.64 bits per heavy atom. The van der Waals surface area contributed by atoms with Crippen molar-refractivity contribution in [1.29, 1.82) is 0 Å². The van der Waals surface area contributed by atoms with Gasteiger partial charge in [0.15, 0.2) is 5.78 Å². The van der Waals surface area contributed by atoms with Crippen molar-refractivity contribution in [2.75, 3.05) is 6.54 Å². The van der Waals surface area contributed by atoms with Crippen LogP contribution in [0.15, 0.2) is 35.4 Å². The molecule has 56 valence electrons. The minimum absolute atomic E-state index is 0.158. The molecule has 0 heterocycles. The van der Waals surface area contributed by atoms with Crippen LogP contribution in [0.4, 0.5) is 0 Å². The maximum Gasteiger partial charge on any atom is 0.182 e. The van der Waals surface area contributed by atoms with E-state index < -0.39 is 0 Å². The van der Waals surface area contributed by atoms with Crippen LogP contribution in [-0.4, -0.2) is 12.3 Å².